The molecule has 2 aromatic heterocycles. The number of carbonyl (C=O) groups excluding carboxylic acids is 1. The van der Waals surface area contributed by atoms with Gasteiger partial charge in [-0.05, 0) is 19.3 Å². The van der Waals surface area contributed by atoms with Crippen molar-refractivity contribution in [3.63, 3.8) is 0 Å². The van der Waals surface area contributed by atoms with Gasteiger partial charge < -0.3 is 10.6 Å². The molecule has 19 heavy (non-hydrogen) atoms. The minimum Gasteiger partial charge on any atom is -0.396 e. The number of aromatic nitrogens is 2. The van der Waals surface area contributed by atoms with Crippen LogP contribution in [0.15, 0.2) is 12.4 Å². The van der Waals surface area contributed by atoms with Crippen LogP contribution in [0.1, 0.15) is 29.9 Å². The third kappa shape index (κ3) is 1.96. The first-order valence-corrected chi connectivity index (χ1v) is 7.19. The number of hydrogen-bond acceptors (Lipinski definition) is 5. The molecule has 2 N–H and O–H groups in total. The fourth-order valence-corrected chi connectivity index (χ4v) is 3.69. The summed E-state index contributed by atoms with van der Waals surface area (Å²) in [5, 5.41) is 0. The van der Waals surface area contributed by atoms with Crippen LogP contribution in [0.2, 0.25) is 0 Å². The van der Waals surface area contributed by atoms with Crippen LogP contribution in [0.3, 0.4) is 0 Å². The van der Waals surface area contributed by atoms with Gasteiger partial charge in [0.1, 0.15) is 15.2 Å². The second-order valence-electron chi connectivity index (χ2n) is 5.20. The van der Waals surface area contributed by atoms with Gasteiger partial charge in [0, 0.05) is 25.0 Å². The molecule has 2 aromatic rings. The number of amides is 1. The average Bonchev–Trinajstić information content (AvgIpc) is 2.90. The van der Waals surface area contributed by atoms with Gasteiger partial charge in [-0.3, -0.25) is 4.79 Å². The van der Waals surface area contributed by atoms with Crippen molar-refractivity contribution >= 4 is 33.3 Å². The number of nitrogens with zero attached hydrogens (tertiary/aromatic N) is 3. The van der Waals surface area contributed by atoms with E-state index >= 15 is 0 Å². The number of fused-ring (bicyclic) bond motifs is 1. The Hall–Kier alpha value is -1.69. The predicted octanol–water partition coefficient (Wildman–Crippen LogP) is 2.14. The standard InChI is InChI=1S/C13H16N4OS/c1-7-5-8(2)17(6-7)13(18)11-9(14)10-12(19-11)16-4-3-15-10/h3-4,7-8H,5-6,14H2,1-2H3. The summed E-state index contributed by atoms with van der Waals surface area (Å²) in [5.41, 5.74) is 7.15. The highest BCUT2D eigenvalue weighted by atomic mass is 32.1. The minimum atomic E-state index is 0.0131. The fraction of sp³-hybridized carbons (Fsp3) is 0.462. The Morgan fingerprint density at radius 1 is 1.42 bits per heavy atom. The summed E-state index contributed by atoms with van der Waals surface area (Å²) in [5.74, 6) is 0.560. The Balaban J connectivity index is 2.00. The van der Waals surface area contributed by atoms with Crippen LogP contribution in [0.5, 0.6) is 0 Å². The number of thiophene rings is 1. The molecule has 0 aromatic carbocycles. The summed E-state index contributed by atoms with van der Waals surface area (Å²) >= 11 is 1.33. The normalized spacial score (nSPS) is 23.2. The van der Waals surface area contributed by atoms with E-state index in [0.717, 1.165) is 17.8 Å². The van der Waals surface area contributed by atoms with Gasteiger partial charge in [0.15, 0.2) is 0 Å². The van der Waals surface area contributed by atoms with Crippen LogP contribution < -0.4 is 5.73 Å². The monoisotopic (exact) mass is 276 g/mol. The first-order valence-electron chi connectivity index (χ1n) is 6.38. The molecule has 3 heterocycles. The molecule has 2 unspecified atom stereocenters. The molecule has 0 saturated carbocycles. The van der Waals surface area contributed by atoms with E-state index in [1.165, 1.54) is 11.3 Å². The van der Waals surface area contributed by atoms with Crippen LogP contribution >= 0.6 is 11.3 Å². The molecule has 1 fully saturated rings. The topological polar surface area (TPSA) is 72.1 Å². The summed E-state index contributed by atoms with van der Waals surface area (Å²) in [4.78, 5) is 24.2. The van der Waals surface area contributed by atoms with Crippen molar-refractivity contribution in [1.82, 2.24) is 14.9 Å². The quantitative estimate of drug-likeness (QED) is 0.866. The lowest BCUT2D eigenvalue weighted by Gasteiger charge is -2.20. The van der Waals surface area contributed by atoms with Gasteiger partial charge in [0.2, 0.25) is 0 Å². The van der Waals surface area contributed by atoms with Gasteiger partial charge in [-0.1, -0.05) is 6.92 Å². The van der Waals surface area contributed by atoms with Gasteiger partial charge in [-0.25, -0.2) is 9.97 Å². The summed E-state index contributed by atoms with van der Waals surface area (Å²) in [6.45, 7) is 5.05. The van der Waals surface area contributed by atoms with Crippen LogP contribution in [-0.2, 0) is 0 Å². The number of rotatable bonds is 1. The molecule has 6 heteroatoms. The maximum absolute atomic E-state index is 12.6. The second kappa shape index (κ2) is 4.45. The zero-order valence-electron chi connectivity index (χ0n) is 11.0. The Morgan fingerprint density at radius 2 is 2.16 bits per heavy atom. The Kier molecular flexibility index (Phi) is 2.89. The second-order valence-corrected chi connectivity index (χ2v) is 6.20. The predicted molar refractivity (Wildman–Crippen MR) is 76.1 cm³/mol. The lowest BCUT2D eigenvalue weighted by Crippen LogP contribution is -2.33. The van der Waals surface area contributed by atoms with Gasteiger partial charge in [-0.15, -0.1) is 11.3 Å². The highest BCUT2D eigenvalue weighted by Crippen LogP contribution is 2.33. The zero-order valence-corrected chi connectivity index (χ0v) is 11.8. The van der Waals surface area contributed by atoms with Crippen LogP contribution in [0.4, 0.5) is 5.69 Å². The van der Waals surface area contributed by atoms with Crippen molar-refractivity contribution in [2.24, 2.45) is 5.92 Å². The van der Waals surface area contributed by atoms with Gasteiger partial charge in [-0.2, -0.15) is 0 Å². The lowest BCUT2D eigenvalue weighted by molar-refractivity contribution is 0.0749. The molecule has 0 aliphatic carbocycles. The molecular formula is C13H16N4OS. The van der Waals surface area contributed by atoms with Gasteiger partial charge in [0.05, 0.1) is 5.69 Å². The molecule has 3 rings (SSSR count). The van der Waals surface area contributed by atoms with E-state index in [-0.39, 0.29) is 11.9 Å². The molecule has 100 valence electrons. The summed E-state index contributed by atoms with van der Waals surface area (Å²) in [7, 11) is 0. The summed E-state index contributed by atoms with van der Waals surface area (Å²) in [6.07, 6.45) is 4.26. The average molecular weight is 276 g/mol. The molecule has 1 amide bonds. The van der Waals surface area contributed by atoms with E-state index in [1.54, 1.807) is 12.4 Å². The SMILES string of the molecule is CC1CC(C)N(C(=O)c2sc3nccnc3c2N)C1. The molecule has 1 saturated heterocycles. The number of nitrogen functional groups attached to an aromatic ring is 1. The number of hydrogen-bond donors (Lipinski definition) is 1. The smallest absolute Gasteiger partial charge is 0.266 e. The minimum absolute atomic E-state index is 0.0131. The van der Waals surface area contributed by atoms with E-state index in [4.69, 9.17) is 5.73 Å². The van der Waals surface area contributed by atoms with E-state index in [1.807, 2.05) is 4.90 Å². The molecule has 2 atom stereocenters. The number of nitrogens with two attached hydrogens (primary N) is 1. The van der Waals surface area contributed by atoms with E-state index in [9.17, 15) is 4.79 Å². The molecule has 0 spiro atoms. The Bertz CT molecular complexity index is 639. The van der Waals surface area contributed by atoms with E-state index in [0.29, 0.717) is 22.0 Å². The van der Waals surface area contributed by atoms with Crippen molar-refractivity contribution in [1.29, 1.82) is 0 Å². The first-order chi connectivity index (χ1) is 9.08. The number of anilines is 1. The molecular weight excluding hydrogens is 260 g/mol. The number of carbonyl (C=O) groups is 1. The lowest BCUT2D eigenvalue weighted by atomic mass is 10.1. The summed E-state index contributed by atoms with van der Waals surface area (Å²) in [6, 6.07) is 0.271. The molecule has 5 nitrogen and oxygen atoms in total. The zero-order chi connectivity index (χ0) is 13.6. The van der Waals surface area contributed by atoms with Crippen LogP contribution in [0.25, 0.3) is 10.3 Å². The highest BCUT2D eigenvalue weighted by Gasteiger charge is 2.32. The number of likely N-dealkylation sites (tertiary alicyclic amines) is 1. The Labute approximate surface area is 115 Å². The van der Waals surface area contributed by atoms with E-state index < -0.39 is 0 Å². The maximum Gasteiger partial charge on any atom is 0.266 e. The molecule has 0 radical (unpaired) electrons. The first kappa shape index (κ1) is 12.3. The van der Waals surface area contributed by atoms with Crippen molar-refractivity contribution < 1.29 is 4.79 Å². The van der Waals surface area contributed by atoms with Crippen LogP contribution in [0, 0.1) is 5.92 Å². The highest BCUT2D eigenvalue weighted by molar-refractivity contribution is 7.21. The van der Waals surface area contributed by atoms with Crippen molar-refractivity contribution in [3.8, 4) is 0 Å². The molecule has 0 bridgehead atoms. The van der Waals surface area contributed by atoms with Crippen molar-refractivity contribution in [2.45, 2.75) is 26.3 Å². The van der Waals surface area contributed by atoms with Gasteiger partial charge in [0.25, 0.3) is 5.91 Å². The Morgan fingerprint density at radius 3 is 2.79 bits per heavy atom. The third-order valence-electron chi connectivity index (χ3n) is 3.60. The van der Waals surface area contributed by atoms with Gasteiger partial charge >= 0.3 is 0 Å². The third-order valence-corrected chi connectivity index (χ3v) is 4.69. The van der Waals surface area contributed by atoms with E-state index in [2.05, 4.69) is 23.8 Å². The fourth-order valence-electron chi connectivity index (χ4n) is 2.72. The maximum atomic E-state index is 12.6. The van der Waals surface area contributed by atoms with Crippen molar-refractivity contribution in [3.05, 3.63) is 17.3 Å². The van der Waals surface area contributed by atoms with Crippen molar-refractivity contribution in [2.75, 3.05) is 12.3 Å². The summed E-state index contributed by atoms with van der Waals surface area (Å²) < 4.78 is 0. The largest absolute Gasteiger partial charge is 0.396 e. The molecule has 1 aliphatic heterocycles. The van der Waals surface area contributed by atoms with Crippen LogP contribution in [-0.4, -0.2) is 33.4 Å². The molecule has 1 aliphatic rings.